The number of rotatable bonds is 4. The van der Waals surface area contributed by atoms with E-state index in [4.69, 9.17) is 11.6 Å². The van der Waals surface area contributed by atoms with E-state index in [-0.39, 0.29) is 6.10 Å². The summed E-state index contributed by atoms with van der Waals surface area (Å²) in [7, 11) is 0. The monoisotopic (exact) mass is 270 g/mol. The maximum absolute atomic E-state index is 10.1. The topological polar surface area (TPSA) is 20.2 Å². The van der Waals surface area contributed by atoms with Gasteiger partial charge in [-0.05, 0) is 30.5 Å². The molecule has 0 saturated heterocycles. The molecule has 3 heteroatoms. The van der Waals surface area contributed by atoms with E-state index in [9.17, 15) is 5.11 Å². The molecule has 1 N–H and O–H groups in total. The van der Waals surface area contributed by atoms with Gasteiger partial charge in [0, 0.05) is 16.0 Å². The zero-order chi connectivity index (χ0) is 12.1. The van der Waals surface area contributed by atoms with E-state index in [0.717, 1.165) is 21.6 Å². The van der Waals surface area contributed by atoms with Gasteiger partial charge in [-0.1, -0.05) is 43.0 Å². The van der Waals surface area contributed by atoms with Crippen LogP contribution in [0.25, 0.3) is 0 Å². The van der Waals surface area contributed by atoms with Crippen LogP contribution in [0.5, 0.6) is 0 Å². The minimum Gasteiger partial charge on any atom is -0.388 e. The van der Waals surface area contributed by atoms with Crippen LogP contribution in [-0.4, -0.2) is 16.1 Å². The molecule has 0 bridgehead atoms. The van der Waals surface area contributed by atoms with Gasteiger partial charge in [0.25, 0.3) is 0 Å². The van der Waals surface area contributed by atoms with E-state index < -0.39 is 0 Å². The van der Waals surface area contributed by atoms with E-state index >= 15 is 0 Å². The molecule has 1 saturated carbocycles. The van der Waals surface area contributed by atoms with Crippen LogP contribution in [0.3, 0.4) is 0 Å². The summed E-state index contributed by atoms with van der Waals surface area (Å²) < 4.78 is 0. The number of hydrogen-bond acceptors (Lipinski definition) is 2. The van der Waals surface area contributed by atoms with Crippen molar-refractivity contribution in [3.63, 3.8) is 0 Å². The second-order valence-electron chi connectivity index (χ2n) is 4.66. The van der Waals surface area contributed by atoms with Gasteiger partial charge in [-0.2, -0.15) is 11.8 Å². The SMILES string of the molecule is OC(CSC1CCCCC1)c1ccc(Cl)cc1. The smallest absolute Gasteiger partial charge is 0.0880 e. The summed E-state index contributed by atoms with van der Waals surface area (Å²) in [6.07, 6.45) is 6.37. The molecule has 1 unspecified atom stereocenters. The zero-order valence-electron chi connectivity index (χ0n) is 9.94. The largest absolute Gasteiger partial charge is 0.388 e. The third-order valence-corrected chi connectivity index (χ3v) is 5.00. The third kappa shape index (κ3) is 4.20. The molecule has 0 radical (unpaired) electrons. The molecule has 0 spiro atoms. The lowest BCUT2D eigenvalue weighted by Gasteiger charge is -2.22. The van der Waals surface area contributed by atoms with Crippen LogP contribution < -0.4 is 0 Å². The lowest BCUT2D eigenvalue weighted by Crippen LogP contribution is -2.11. The van der Waals surface area contributed by atoms with Gasteiger partial charge in [0.15, 0.2) is 0 Å². The molecule has 1 aliphatic carbocycles. The van der Waals surface area contributed by atoms with Gasteiger partial charge in [-0.15, -0.1) is 0 Å². The first-order valence-electron chi connectivity index (χ1n) is 6.31. The van der Waals surface area contributed by atoms with Gasteiger partial charge in [-0.3, -0.25) is 0 Å². The minimum atomic E-state index is -0.362. The highest BCUT2D eigenvalue weighted by atomic mass is 35.5. The van der Waals surface area contributed by atoms with E-state index in [1.165, 1.54) is 32.1 Å². The standard InChI is InChI=1S/C14H19ClOS/c15-12-8-6-11(7-9-12)14(16)10-17-13-4-2-1-3-5-13/h6-9,13-14,16H,1-5,10H2. The fourth-order valence-electron chi connectivity index (χ4n) is 2.24. The highest BCUT2D eigenvalue weighted by Crippen LogP contribution is 2.31. The Hall–Kier alpha value is -0.180. The molecule has 0 aliphatic heterocycles. The number of aliphatic hydroxyl groups is 1. The van der Waals surface area contributed by atoms with Crippen LogP contribution in [0.1, 0.15) is 43.8 Å². The zero-order valence-corrected chi connectivity index (χ0v) is 11.5. The summed E-state index contributed by atoms with van der Waals surface area (Å²) in [6, 6.07) is 7.50. The van der Waals surface area contributed by atoms with Crippen LogP contribution in [0.2, 0.25) is 5.02 Å². The average Bonchev–Trinajstić information content (AvgIpc) is 2.38. The Morgan fingerprint density at radius 3 is 2.47 bits per heavy atom. The van der Waals surface area contributed by atoms with E-state index in [1.54, 1.807) is 0 Å². The number of hydrogen-bond donors (Lipinski definition) is 1. The maximum Gasteiger partial charge on any atom is 0.0880 e. The lowest BCUT2D eigenvalue weighted by molar-refractivity contribution is 0.204. The Balaban J connectivity index is 1.80. The van der Waals surface area contributed by atoms with Gasteiger partial charge >= 0.3 is 0 Å². The van der Waals surface area contributed by atoms with Gasteiger partial charge in [0.05, 0.1) is 6.10 Å². The summed E-state index contributed by atoms with van der Waals surface area (Å²) in [5.74, 6) is 0.798. The Labute approximate surface area is 113 Å². The molecule has 1 aliphatic rings. The molecular weight excluding hydrogens is 252 g/mol. The van der Waals surface area contributed by atoms with Gasteiger partial charge in [0.2, 0.25) is 0 Å². The van der Waals surface area contributed by atoms with Crippen molar-refractivity contribution in [2.75, 3.05) is 5.75 Å². The molecule has 1 aromatic rings. The molecule has 17 heavy (non-hydrogen) atoms. The summed E-state index contributed by atoms with van der Waals surface area (Å²) in [6.45, 7) is 0. The molecule has 2 rings (SSSR count). The highest BCUT2D eigenvalue weighted by molar-refractivity contribution is 7.99. The fraction of sp³-hybridized carbons (Fsp3) is 0.571. The molecule has 1 nitrogen and oxygen atoms in total. The van der Waals surface area contributed by atoms with Gasteiger partial charge < -0.3 is 5.11 Å². The lowest BCUT2D eigenvalue weighted by atomic mass is 10.0. The average molecular weight is 271 g/mol. The van der Waals surface area contributed by atoms with Gasteiger partial charge in [-0.25, -0.2) is 0 Å². The first kappa shape index (κ1) is 13.3. The van der Waals surface area contributed by atoms with Crippen molar-refractivity contribution in [2.24, 2.45) is 0 Å². The van der Waals surface area contributed by atoms with E-state index in [1.807, 2.05) is 36.0 Å². The molecule has 0 heterocycles. The number of benzene rings is 1. The first-order valence-corrected chi connectivity index (χ1v) is 7.73. The van der Waals surface area contributed by atoms with E-state index in [2.05, 4.69) is 0 Å². The molecule has 0 amide bonds. The predicted octanol–water partition coefficient (Wildman–Crippen LogP) is 4.44. The van der Waals surface area contributed by atoms with Crippen molar-refractivity contribution < 1.29 is 5.11 Å². The van der Waals surface area contributed by atoms with Crippen LogP contribution in [0.15, 0.2) is 24.3 Å². The Kier molecular flexibility index (Phi) is 5.20. The highest BCUT2D eigenvalue weighted by Gasteiger charge is 2.16. The number of aliphatic hydroxyl groups excluding tert-OH is 1. The second kappa shape index (κ2) is 6.67. The van der Waals surface area contributed by atoms with Crippen molar-refractivity contribution in [3.05, 3.63) is 34.9 Å². The van der Waals surface area contributed by atoms with Crippen molar-refractivity contribution in [1.29, 1.82) is 0 Å². The van der Waals surface area contributed by atoms with Crippen LogP contribution in [0, 0.1) is 0 Å². The second-order valence-corrected chi connectivity index (χ2v) is 6.43. The fourth-order valence-corrected chi connectivity index (χ4v) is 3.68. The summed E-state index contributed by atoms with van der Waals surface area (Å²) in [5, 5.41) is 11.6. The summed E-state index contributed by atoms with van der Waals surface area (Å²) >= 11 is 7.75. The first-order chi connectivity index (χ1) is 8.25. The van der Waals surface area contributed by atoms with Crippen LogP contribution >= 0.6 is 23.4 Å². The third-order valence-electron chi connectivity index (χ3n) is 3.30. The van der Waals surface area contributed by atoms with Crippen molar-refractivity contribution >= 4 is 23.4 Å². The van der Waals surface area contributed by atoms with Crippen LogP contribution in [-0.2, 0) is 0 Å². The number of halogens is 1. The summed E-state index contributed by atoms with van der Waals surface area (Å²) in [5.41, 5.74) is 0.970. The van der Waals surface area contributed by atoms with E-state index in [0.29, 0.717) is 0 Å². The maximum atomic E-state index is 10.1. The minimum absolute atomic E-state index is 0.362. The molecule has 1 aromatic carbocycles. The quantitative estimate of drug-likeness (QED) is 0.873. The molecule has 1 atom stereocenters. The summed E-state index contributed by atoms with van der Waals surface area (Å²) in [4.78, 5) is 0. The Morgan fingerprint density at radius 1 is 1.18 bits per heavy atom. The molecule has 1 fully saturated rings. The van der Waals surface area contributed by atoms with Gasteiger partial charge in [0.1, 0.15) is 0 Å². The van der Waals surface area contributed by atoms with Crippen molar-refractivity contribution in [3.8, 4) is 0 Å². The Bertz CT molecular complexity index is 333. The number of thioether (sulfide) groups is 1. The molecular formula is C14H19ClOS. The Morgan fingerprint density at radius 2 is 1.82 bits per heavy atom. The van der Waals surface area contributed by atoms with Crippen LogP contribution in [0.4, 0.5) is 0 Å². The van der Waals surface area contributed by atoms with Crippen molar-refractivity contribution in [1.82, 2.24) is 0 Å². The molecule has 94 valence electrons. The predicted molar refractivity (Wildman–Crippen MR) is 75.7 cm³/mol. The molecule has 0 aromatic heterocycles. The normalized spacial score (nSPS) is 19.2. The van der Waals surface area contributed by atoms with Crippen molar-refractivity contribution in [2.45, 2.75) is 43.5 Å².